The molecule has 0 spiro atoms. The summed E-state index contributed by atoms with van der Waals surface area (Å²) in [6.45, 7) is 1.92. The number of fused-ring (bicyclic) bond motifs is 1. The Bertz CT molecular complexity index is 1220. The molecule has 3 aromatic heterocycles. The van der Waals surface area contributed by atoms with Gasteiger partial charge in [-0.05, 0) is 75.3 Å². The predicted molar refractivity (Wildman–Crippen MR) is 111 cm³/mol. The van der Waals surface area contributed by atoms with E-state index >= 15 is 0 Å². The van der Waals surface area contributed by atoms with Crippen LogP contribution in [0.25, 0.3) is 28.3 Å². The third-order valence-electron chi connectivity index (χ3n) is 3.67. The molecule has 0 saturated heterocycles. The number of pyridine rings is 1. The SMILES string of the molecule is Cc1cc(I)c2nc(-c3cc(Br)nn3-c3ncccc3Cl)oc(=O)c2c1. The van der Waals surface area contributed by atoms with Gasteiger partial charge in [-0.15, -0.1) is 0 Å². The van der Waals surface area contributed by atoms with Crippen molar-refractivity contribution in [1.29, 1.82) is 0 Å². The monoisotopic (exact) mass is 542 g/mol. The summed E-state index contributed by atoms with van der Waals surface area (Å²) in [5.41, 5.74) is 1.56. The lowest BCUT2D eigenvalue weighted by Gasteiger charge is -2.08. The van der Waals surface area contributed by atoms with Gasteiger partial charge in [0, 0.05) is 15.8 Å². The van der Waals surface area contributed by atoms with Crippen molar-refractivity contribution in [3.8, 4) is 17.4 Å². The Labute approximate surface area is 174 Å². The maximum atomic E-state index is 12.5. The van der Waals surface area contributed by atoms with Gasteiger partial charge in [0.05, 0.1) is 15.9 Å². The standard InChI is InChI=1S/C17H9BrClIN4O2/c1-8-5-9-14(11(20)6-8)22-16(26-17(9)25)12-7-13(18)23-24(12)15-10(19)3-2-4-21-15/h2-7H,1H3. The number of hydrogen-bond acceptors (Lipinski definition) is 5. The largest absolute Gasteiger partial charge is 0.401 e. The Balaban J connectivity index is 2.01. The number of hydrogen-bond donors (Lipinski definition) is 0. The van der Waals surface area contributed by atoms with E-state index < -0.39 is 5.63 Å². The quantitative estimate of drug-likeness (QED) is 0.341. The molecule has 3 heterocycles. The van der Waals surface area contributed by atoms with Crippen LogP contribution in [-0.4, -0.2) is 19.7 Å². The van der Waals surface area contributed by atoms with Gasteiger partial charge in [0.2, 0.25) is 5.89 Å². The molecule has 0 unspecified atom stereocenters. The van der Waals surface area contributed by atoms with Gasteiger partial charge >= 0.3 is 5.63 Å². The van der Waals surface area contributed by atoms with Gasteiger partial charge in [0.15, 0.2) is 5.82 Å². The molecule has 130 valence electrons. The molecule has 6 nitrogen and oxygen atoms in total. The molecular formula is C17H9BrClIN4O2. The van der Waals surface area contributed by atoms with Crippen molar-refractivity contribution >= 4 is 61.0 Å². The molecule has 4 aromatic rings. The molecule has 0 radical (unpaired) electrons. The number of aryl methyl sites for hydroxylation is 1. The smallest absolute Gasteiger partial charge is 0.347 e. The molecule has 0 aliphatic heterocycles. The average molecular weight is 544 g/mol. The van der Waals surface area contributed by atoms with E-state index in [1.807, 2.05) is 13.0 Å². The van der Waals surface area contributed by atoms with Gasteiger partial charge in [-0.1, -0.05) is 11.6 Å². The summed E-state index contributed by atoms with van der Waals surface area (Å²) in [6.07, 6.45) is 1.61. The van der Waals surface area contributed by atoms with Crippen LogP contribution in [0.2, 0.25) is 5.02 Å². The fourth-order valence-electron chi connectivity index (χ4n) is 2.58. The molecule has 0 amide bonds. The summed E-state index contributed by atoms with van der Waals surface area (Å²) in [7, 11) is 0. The van der Waals surface area contributed by atoms with Gasteiger partial charge in [-0.25, -0.2) is 19.4 Å². The molecule has 26 heavy (non-hydrogen) atoms. The van der Waals surface area contributed by atoms with Crippen molar-refractivity contribution in [3.05, 3.63) is 65.7 Å². The van der Waals surface area contributed by atoms with E-state index in [-0.39, 0.29) is 5.89 Å². The van der Waals surface area contributed by atoms with E-state index in [4.69, 9.17) is 16.0 Å². The Morgan fingerprint density at radius 1 is 1.31 bits per heavy atom. The van der Waals surface area contributed by atoms with Crippen molar-refractivity contribution in [2.75, 3.05) is 0 Å². The second-order valence-corrected chi connectivity index (χ2v) is 7.90. The average Bonchev–Trinajstić information content (AvgIpc) is 2.97. The Morgan fingerprint density at radius 3 is 2.88 bits per heavy atom. The molecule has 0 saturated carbocycles. The summed E-state index contributed by atoms with van der Waals surface area (Å²) >= 11 is 11.7. The molecule has 0 bridgehead atoms. The van der Waals surface area contributed by atoms with Gasteiger partial charge < -0.3 is 4.42 Å². The first-order chi connectivity index (χ1) is 12.4. The van der Waals surface area contributed by atoms with Crippen molar-refractivity contribution in [2.24, 2.45) is 0 Å². The van der Waals surface area contributed by atoms with Crippen LogP contribution in [0.3, 0.4) is 0 Å². The normalized spacial score (nSPS) is 11.2. The van der Waals surface area contributed by atoms with Crippen molar-refractivity contribution in [2.45, 2.75) is 6.92 Å². The molecule has 1 aromatic carbocycles. The zero-order valence-electron chi connectivity index (χ0n) is 13.2. The summed E-state index contributed by atoms with van der Waals surface area (Å²) in [4.78, 5) is 21.3. The van der Waals surface area contributed by atoms with E-state index in [0.717, 1.165) is 9.13 Å². The van der Waals surface area contributed by atoms with Gasteiger partial charge in [0.1, 0.15) is 10.3 Å². The molecule has 0 N–H and O–H groups in total. The minimum Gasteiger partial charge on any atom is -0.401 e. The van der Waals surface area contributed by atoms with E-state index in [1.54, 1.807) is 30.5 Å². The first-order valence-electron chi connectivity index (χ1n) is 7.42. The predicted octanol–water partition coefficient (Wildman–Crippen LogP) is 4.76. The number of nitrogens with zero attached hydrogens (tertiary/aromatic N) is 4. The van der Waals surface area contributed by atoms with Gasteiger partial charge in [0.25, 0.3) is 0 Å². The third-order valence-corrected chi connectivity index (χ3v) is 5.17. The minimum absolute atomic E-state index is 0.143. The van der Waals surface area contributed by atoms with Crippen LogP contribution in [0.5, 0.6) is 0 Å². The summed E-state index contributed by atoms with van der Waals surface area (Å²) < 4.78 is 8.38. The minimum atomic E-state index is -0.456. The van der Waals surface area contributed by atoms with Crippen LogP contribution in [0.4, 0.5) is 0 Å². The van der Waals surface area contributed by atoms with Crippen LogP contribution < -0.4 is 5.63 Å². The number of rotatable bonds is 2. The summed E-state index contributed by atoms with van der Waals surface area (Å²) in [5, 5.41) is 5.21. The first kappa shape index (κ1) is 17.6. The highest BCUT2D eigenvalue weighted by Crippen LogP contribution is 2.28. The molecule has 0 fully saturated rings. The van der Waals surface area contributed by atoms with Crippen molar-refractivity contribution in [3.63, 3.8) is 0 Å². The third kappa shape index (κ3) is 3.06. The zero-order valence-corrected chi connectivity index (χ0v) is 17.7. The van der Waals surface area contributed by atoms with Crippen molar-refractivity contribution in [1.82, 2.24) is 19.7 Å². The molecular weight excluding hydrogens is 534 g/mol. The molecule has 0 aliphatic carbocycles. The second kappa shape index (κ2) is 6.75. The van der Waals surface area contributed by atoms with Crippen LogP contribution in [0, 0.1) is 10.5 Å². The number of halogens is 3. The van der Waals surface area contributed by atoms with Crippen LogP contribution >= 0.6 is 50.1 Å². The molecule has 4 rings (SSSR count). The highest BCUT2D eigenvalue weighted by atomic mass is 127. The van der Waals surface area contributed by atoms with Gasteiger partial charge in [-0.2, -0.15) is 5.10 Å². The van der Waals surface area contributed by atoms with Crippen LogP contribution in [0.1, 0.15) is 5.56 Å². The lowest BCUT2D eigenvalue weighted by molar-refractivity contribution is 0.513. The van der Waals surface area contributed by atoms with E-state index in [9.17, 15) is 4.79 Å². The van der Waals surface area contributed by atoms with E-state index in [0.29, 0.717) is 32.0 Å². The fourth-order valence-corrected chi connectivity index (χ4v) is 4.06. The number of benzene rings is 1. The van der Waals surface area contributed by atoms with Gasteiger partial charge in [-0.3, -0.25) is 0 Å². The molecule has 0 atom stereocenters. The maximum absolute atomic E-state index is 12.5. The van der Waals surface area contributed by atoms with E-state index in [2.05, 4.69) is 53.6 Å². The van der Waals surface area contributed by atoms with Crippen LogP contribution in [0.15, 0.2) is 50.3 Å². The summed E-state index contributed by atoms with van der Waals surface area (Å²) in [5.74, 6) is 0.558. The lowest BCUT2D eigenvalue weighted by atomic mass is 10.2. The fraction of sp³-hybridized carbons (Fsp3) is 0.0588. The highest BCUT2D eigenvalue weighted by molar-refractivity contribution is 14.1. The van der Waals surface area contributed by atoms with E-state index in [1.165, 1.54) is 4.68 Å². The molecule has 0 aliphatic rings. The number of aromatic nitrogens is 4. The topological polar surface area (TPSA) is 73.8 Å². The zero-order chi connectivity index (χ0) is 18.4. The Hall–Kier alpha value is -1.78. The summed E-state index contributed by atoms with van der Waals surface area (Å²) in [6, 6.07) is 8.86. The first-order valence-corrected chi connectivity index (χ1v) is 9.67. The lowest BCUT2D eigenvalue weighted by Crippen LogP contribution is -2.08. The highest BCUT2D eigenvalue weighted by Gasteiger charge is 2.19. The second-order valence-electron chi connectivity index (χ2n) is 5.52. The molecule has 9 heteroatoms. The maximum Gasteiger partial charge on any atom is 0.347 e. The Kier molecular flexibility index (Phi) is 4.57. The van der Waals surface area contributed by atoms with Crippen molar-refractivity contribution < 1.29 is 4.42 Å². The van der Waals surface area contributed by atoms with Crippen LogP contribution in [-0.2, 0) is 0 Å². The Morgan fingerprint density at radius 2 is 2.12 bits per heavy atom.